The van der Waals surface area contributed by atoms with Crippen LogP contribution in [0.25, 0.3) is 5.57 Å². The fourth-order valence-electron chi connectivity index (χ4n) is 1.81. The number of benzene rings is 1. The molecule has 0 bridgehead atoms. The molecular formula is C11H7F3O4S. The molecule has 0 unspecified atom stereocenters. The Bertz CT molecular complexity index is 686. The first-order chi connectivity index (χ1) is 8.61. The number of carboxylic acids is 1. The van der Waals surface area contributed by atoms with Gasteiger partial charge in [0.1, 0.15) is 0 Å². The van der Waals surface area contributed by atoms with Crippen molar-refractivity contribution in [3.8, 4) is 0 Å². The molecule has 1 aromatic rings. The van der Waals surface area contributed by atoms with Crippen molar-refractivity contribution in [3.63, 3.8) is 0 Å². The topological polar surface area (TPSA) is 71.4 Å². The van der Waals surface area contributed by atoms with E-state index < -0.39 is 38.9 Å². The average Bonchev–Trinajstić information content (AvgIpc) is 2.48. The second-order valence-corrected chi connectivity index (χ2v) is 5.73. The van der Waals surface area contributed by atoms with Gasteiger partial charge in [-0.3, -0.25) is 4.79 Å². The van der Waals surface area contributed by atoms with E-state index in [9.17, 15) is 26.4 Å². The maximum atomic E-state index is 12.5. The van der Waals surface area contributed by atoms with Crippen molar-refractivity contribution >= 4 is 21.4 Å². The lowest BCUT2D eigenvalue weighted by Gasteiger charge is -2.09. The van der Waals surface area contributed by atoms with Gasteiger partial charge in [-0.15, -0.1) is 0 Å². The van der Waals surface area contributed by atoms with E-state index in [0.717, 1.165) is 12.1 Å². The fourth-order valence-corrected chi connectivity index (χ4v) is 3.32. The zero-order valence-corrected chi connectivity index (χ0v) is 10.0. The first kappa shape index (κ1) is 13.6. The van der Waals surface area contributed by atoms with E-state index in [2.05, 4.69) is 0 Å². The summed E-state index contributed by atoms with van der Waals surface area (Å²) in [4.78, 5) is 10.1. The number of aliphatic carboxylic acids is 1. The van der Waals surface area contributed by atoms with Crippen LogP contribution in [0.4, 0.5) is 13.2 Å². The van der Waals surface area contributed by atoms with Gasteiger partial charge in [0.05, 0.1) is 16.9 Å². The molecule has 1 N–H and O–H groups in total. The highest BCUT2D eigenvalue weighted by Gasteiger charge is 2.35. The number of carboxylic acid groups (broad SMARTS) is 1. The molecule has 102 valence electrons. The molecule has 4 nitrogen and oxygen atoms in total. The van der Waals surface area contributed by atoms with Crippen LogP contribution in [0.3, 0.4) is 0 Å². The van der Waals surface area contributed by atoms with Crippen LogP contribution in [-0.2, 0) is 20.8 Å². The predicted octanol–water partition coefficient (Wildman–Crippen LogP) is 2.31. The first-order valence-corrected chi connectivity index (χ1v) is 6.55. The summed E-state index contributed by atoms with van der Waals surface area (Å²) in [6.07, 6.45) is -5.21. The number of fused-ring (bicyclic) bond motifs is 1. The second kappa shape index (κ2) is 4.09. The number of carbonyl (C=O) groups is 1. The van der Waals surface area contributed by atoms with E-state index in [4.69, 9.17) is 5.11 Å². The zero-order chi connectivity index (χ0) is 14.4. The highest BCUT2D eigenvalue weighted by atomic mass is 32.2. The van der Waals surface area contributed by atoms with Crippen molar-refractivity contribution in [3.05, 3.63) is 34.7 Å². The van der Waals surface area contributed by atoms with E-state index in [1.165, 1.54) is 0 Å². The minimum absolute atomic E-state index is 0.00963. The zero-order valence-electron chi connectivity index (χ0n) is 9.23. The Balaban J connectivity index is 2.58. The minimum Gasteiger partial charge on any atom is -0.481 e. The Morgan fingerprint density at radius 2 is 1.89 bits per heavy atom. The lowest BCUT2D eigenvalue weighted by Crippen LogP contribution is -2.06. The number of halogens is 3. The molecule has 0 spiro atoms. The molecule has 19 heavy (non-hydrogen) atoms. The van der Waals surface area contributed by atoms with Crippen LogP contribution in [-0.4, -0.2) is 19.5 Å². The first-order valence-electron chi connectivity index (χ1n) is 5.00. The van der Waals surface area contributed by atoms with Crippen LogP contribution in [0, 0.1) is 0 Å². The third kappa shape index (κ3) is 2.48. The van der Waals surface area contributed by atoms with E-state index in [0.29, 0.717) is 11.5 Å². The molecule has 0 radical (unpaired) electrons. The molecule has 0 aliphatic carbocycles. The van der Waals surface area contributed by atoms with Gasteiger partial charge < -0.3 is 5.11 Å². The number of rotatable bonds is 2. The van der Waals surface area contributed by atoms with Gasteiger partial charge in [0.15, 0.2) is 0 Å². The largest absolute Gasteiger partial charge is 0.481 e. The fraction of sp³-hybridized carbons (Fsp3) is 0.182. The lowest BCUT2D eigenvalue weighted by molar-refractivity contribution is -0.138. The molecule has 1 heterocycles. The summed E-state index contributed by atoms with van der Waals surface area (Å²) in [5, 5.41) is 9.34. The Kier molecular flexibility index (Phi) is 2.93. The van der Waals surface area contributed by atoms with Crippen LogP contribution < -0.4 is 0 Å². The molecule has 1 aromatic carbocycles. The van der Waals surface area contributed by atoms with Gasteiger partial charge in [0.2, 0.25) is 9.84 Å². The summed E-state index contributed by atoms with van der Waals surface area (Å²) in [6.45, 7) is 0. The number of sulfone groups is 1. The van der Waals surface area contributed by atoms with Crippen molar-refractivity contribution < 1.29 is 31.5 Å². The quantitative estimate of drug-likeness (QED) is 0.908. The predicted molar refractivity (Wildman–Crippen MR) is 58.9 cm³/mol. The lowest BCUT2D eigenvalue weighted by atomic mass is 10.0. The van der Waals surface area contributed by atoms with Crippen molar-refractivity contribution in [2.75, 3.05) is 0 Å². The Morgan fingerprint density at radius 1 is 1.26 bits per heavy atom. The summed E-state index contributed by atoms with van der Waals surface area (Å²) in [7, 11) is -4.01. The molecule has 2 rings (SSSR count). The minimum atomic E-state index is -4.65. The number of hydrogen-bond acceptors (Lipinski definition) is 3. The van der Waals surface area contributed by atoms with Gasteiger partial charge in [-0.1, -0.05) is 6.07 Å². The van der Waals surface area contributed by atoms with Gasteiger partial charge in [0.25, 0.3) is 0 Å². The molecule has 1 aliphatic rings. The molecule has 0 amide bonds. The normalized spacial score (nSPS) is 16.9. The smallest absolute Gasteiger partial charge is 0.416 e. The van der Waals surface area contributed by atoms with E-state index in [1.807, 2.05) is 0 Å². The number of hydrogen-bond donors (Lipinski definition) is 1. The van der Waals surface area contributed by atoms with Crippen molar-refractivity contribution in [2.45, 2.75) is 17.5 Å². The van der Waals surface area contributed by atoms with Crippen LogP contribution in [0.5, 0.6) is 0 Å². The second-order valence-electron chi connectivity index (χ2n) is 3.97. The van der Waals surface area contributed by atoms with Crippen LogP contribution in [0.2, 0.25) is 0 Å². The summed E-state index contributed by atoms with van der Waals surface area (Å²) in [6, 6.07) is 2.24. The van der Waals surface area contributed by atoms with Gasteiger partial charge >= 0.3 is 12.1 Å². The molecule has 8 heteroatoms. The highest BCUT2D eigenvalue weighted by molar-refractivity contribution is 7.95. The van der Waals surface area contributed by atoms with Crippen molar-refractivity contribution in [1.29, 1.82) is 0 Å². The Hall–Kier alpha value is -1.83. The number of alkyl halides is 3. The van der Waals surface area contributed by atoms with E-state index in [1.54, 1.807) is 0 Å². The molecule has 0 saturated heterocycles. The molecule has 1 aliphatic heterocycles. The van der Waals surface area contributed by atoms with E-state index in [-0.39, 0.29) is 11.1 Å². The van der Waals surface area contributed by atoms with Gasteiger partial charge in [-0.25, -0.2) is 8.42 Å². The molecular weight excluding hydrogens is 285 g/mol. The maximum Gasteiger partial charge on any atom is 0.416 e. The van der Waals surface area contributed by atoms with Gasteiger partial charge in [0, 0.05) is 5.41 Å². The van der Waals surface area contributed by atoms with E-state index >= 15 is 0 Å². The van der Waals surface area contributed by atoms with Crippen molar-refractivity contribution in [2.24, 2.45) is 0 Å². The van der Waals surface area contributed by atoms with Gasteiger partial charge in [-0.05, 0) is 23.3 Å². The Labute approximate surface area is 106 Å². The molecule has 0 saturated carbocycles. The average molecular weight is 292 g/mol. The maximum absolute atomic E-state index is 12.5. The third-order valence-electron chi connectivity index (χ3n) is 2.60. The molecule has 0 atom stereocenters. The molecule has 0 aromatic heterocycles. The van der Waals surface area contributed by atoms with Crippen LogP contribution >= 0.6 is 0 Å². The highest BCUT2D eigenvalue weighted by Crippen LogP contribution is 2.39. The van der Waals surface area contributed by atoms with Crippen molar-refractivity contribution in [1.82, 2.24) is 0 Å². The summed E-state index contributed by atoms with van der Waals surface area (Å²) < 4.78 is 60.9. The monoisotopic (exact) mass is 292 g/mol. The van der Waals surface area contributed by atoms with Crippen LogP contribution in [0.1, 0.15) is 17.5 Å². The third-order valence-corrected chi connectivity index (χ3v) is 4.15. The Morgan fingerprint density at radius 3 is 2.42 bits per heavy atom. The SMILES string of the molecule is O=C(O)CC1=CS(=O)(=O)c2cc(C(F)(F)F)ccc21. The van der Waals surface area contributed by atoms with Gasteiger partial charge in [-0.2, -0.15) is 13.2 Å². The summed E-state index contributed by atoms with van der Waals surface area (Å²) in [5.41, 5.74) is -1.09. The van der Waals surface area contributed by atoms with Crippen LogP contribution in [0.15, 0.2) is 28.5 Å². The summed E-state index contributed by atoms with van der Waals surface area (Å²) in [5.74, 6) is -1.26. The standard InChI is InChI=1S/C11H7F3O4S/c12-11(13,14)7-1-2-8-6(3-10(15)16)5-19(17,18)9(8)4-7/h1-2,4-5H,3H2,(H,15,16). The summed E-state index contributed by atoms with van der Waals surface area (Å²) >= 11 is 0. The molecule has 0 fully saturated rings.